The highest BCUT2D eigenvalue weighted by atomic mass is 35.5. The van der Waals surface area contributed by atoms with E-state index in [4.69, 9.17) is 11.6 Å². The molecule has 134 valence electrons. The van der Waals surface area contributed by atoms with Gasteiger partial charge in [0.15, 0.2) is 17.5 Å². The number of urea groups is 1. The molecule has 2 aromatic carbocycles. The van der Waals surface area contributed by atoms with Gasteiger partial charge in [-0.15, -0.1) is 5.10 Å². The van der Waals surface area contributed by atoms with Crippen molar-refractivity contribution in [1.29, 1.82) is 0 Å². The van der Waals surface area contributed by atoms with Crippen LogP contribution in [0.3, 0.4) is 0 Å². The van der Waals surface area contributed by atoms with Gasteiger partial charge in [0, 0.05) is 17.6 Å². The van der Waals surface area contributed by atoms with Crippen LogP contribution in [0.4, 0.5) is 13.6 Å². The molecule has 0 fully saturated rings. The van der Waals surface area contributed by atoms with E-state index in [1.54, 1.807) is 24.3 Å². The van der Waals surface area contributed by atoms with Crippen LogP contribution in [-0.2, 0) is 13.1 Å². The molecule has 0 saturated heterocycles. The van der Waals surface area contributed by atoms with Gasteiger partial charge >= 0.3 is 6.03 Å². The molecule has 3 aromatic rings. The number of halogens is 3. The highest BCUT2D eigenvalue weighted by Gasteiger charge is 2.12. The number of carbonyl (C=O) groups excluding carboxylic acids is 1. The van der Waals surface area contributed by atoms with Crippen molar-refractivity contribution in [3.8, 4) is 5.69 Å². The van der Waals surface area contributed by atoms with E-state index >= 15 is 0 Å². The highest BCUT2D eigenvalue weighted by molar-refractivity contribution is 6.30. The van der Waals surface area contributed by atoms with Crippen LogP contribution < -0.4 is 10.6 Å². The normalized spacial score (nSPS) is 10.6. The number of benzene rings is 2. The Hall–Kier alpha value is -3.07. The van der Waals surface area contributed by atoms with E-state index in [1.807, 2.05) is 0 Å². The van der Waals surface area contributed by atoms with Gasteiger partial charge in [0.05, 0.1) is 12.2 Å². The van der Waals surface area contributed by atoms with E-state index in [9.17, 15) is 13.6 Å². The van der Waals surface area contributed by atoms with E-state index in [-0.39, 0.29) is 18.1 Å². The fourth-order valence-corrected chi connectivity index (χ4v) is 2.27. The van der Waals surface area contributed by atoms with Crippen molar-refractivity contribution in [3.05, 3.63) is 70.5 Å². The van der Waals surface area contributed by atoms with Crippen molar-refractivity contribution >= 4 is 17.6 Å². The molecule has 10 heteroatoms. The fourth-order valence-electron chi connectivity index (χ4n) is 2.14. The topological polar surface area (TPSA) is 84.7 Å². The van der Waals surface area contributed by atoms with Crippen molar-refractivity contribution in [2.24, 2.45) is 0 Å². The first kappa shape index (κ1) is 17.7. The van der Waals surface area contributed by atoms with E-state index in [0.29, 0.717) is 11.6 Å². The number of amides is 2. The zero-order valence-corrected chi connectivity index (χ0v) is 14.0. The molecule has 0 aliphatic heterocycles. The van der Waals surface area contributed by atoms with Gasteiger partial charge in [-0.2, -0.15) is 4.68 Å². The summed E-state index contributed by atoms with van der Waals surface area (Å²) in [6, 6.07) is 9.90. The summed E-state index contributed by atoms with van der Waals surface area (Å²) in [6.07, 6.45) is 0. The first-order valence-electron chi connectivity index (χ1n) is 7.52. The van der Waals surface area contributed by atoms with Crippen molar-refractivity contribution in [1.82, 2.24) is 30.8 Å². The number of rotatable bonds is 5. The molecule has 26 heavy (non-hydrogen) atoms. The van der Waals surface area contributed by atoms with Gasteiger partial charge in [0.2, 0.25) is 0 Å². The standard InChI is InChI=1S/C16H13ClF2N6O/c17-11-3-1-10(2-4-11)8-20-16(26)21-9-15-22-23-24-25(15)12-5-6-13(18)14(19)7-12/h1-7H,8-9H2,(H2,20,21,26). The average Bonchev–Trinajstić information content (AvgIpc) is 3.10. The van der Waals surface area contributed by atoms with Crippen LogP contribution in [0.15, 0.2) is 42.5 Å². The summed E-state index contributed by atoms with van der Waals surface area (Å²) in [5.74, 6) is -1.72. The minimum Gasteiger partial charge on any atom is -0.334 e. The van der Waals surface area contributed by atoms with Gasteiger partial charge in [-0.1, -0.05) is 23.7 Å². The molecule has 0 unspecified atom stereocenters. The van der Waals surface area contributed by atoms with Gasteiger partial charge in [-0.25, -0.2) is 13.6 Å². The average molecular weight is 379 g/mol. The maximum atomic E-state index is 13.4. The maximum Gasteiger partial charge on any atom is 0.315 e. The predicted octanol–water partition coefficient (Wildman–Crippen LogP) is 2.59. The lowest BCUT2D eigenvalue weighted by Crippen LogP contribution is -2.35. The molecule has 0 aliphatic rings. The highest BCUT2D eigenvalue weighted by Crippen LogP contribution is 2.13. The second-order valence-corrected chi connectivity index (χ2v) is 5.70. The third-order valence-corrected chi connectivity index (χ3v) is 3.71. The minimum absolute atomic E-state index is 0.00154. The summed E-state index contributed by atoms with van der Waals surface area (Å²) in [5.41, 5.74) is 1.13. The summed E-state index contributed by atoms with van der Waals surface area (Å²) < 4.78 is 27.6. The van der Waals surface area contributed by atoms with Crippen molar-refractivity contribution in [2.75, 3.05) is 0 Å². The molecule has 0 radical (unpaired) electrons. The number of carbonyl (C=O) groups is 1. The zero-order chi connectivity index (χ0) is 18.5. The van der Waals surface area contributed by atoms with Crippen LogP contribution in [0.5, 0.6) is 0 Å². The molecular weight excluding hydrogens is 366 g/mol. The largest absolute Gasteiger partial charge is 0.334 e. The SMILES string of the molecule is O=C(NCc1ccc(Cl)cc1)NCc1nnnn1-c1ccc(F)c(F)c1. The number of tetrazole rings is 1. The molecule has 1 aromatic heterocycles. The fraction of sp³-hybridized carbons (Fsp3) is 0.125. The van der Waals surface area contributed by atoms with Gasteiger partial charge < -0.3 is 10.6 Å². The number of aromatic nitrogens is 4. The van der Waals surface area contributed by atoms with Crippen molar-refractivity contribution < 1.29 is 13.6 Å². The van der Waals surface area contributed by atoms with Crippen LogP contribution in [-0.4, -0.2) is 26.2 Å². The Morgan fingerprint density at radius 3 is 2.50 bits per heavy atom. The summed E-state index contributed by atoms with van der Waals surface area (Å²) in [6.45, 7) is 0.315. The summed E-state index contributed by atoms with van der Waals surface area (Å²) >= 11 is 5.80. The number of hydrogen-bond donors (Lipinski definition) is 2. The van der Waals surface area contributed by atoms with Crippen molar-refractivity contribution in [2.45, 2.75) is 13.1 Å². The molecule has 0 bridgehead atoms. The smallest absolute Gasteiger partial charge is 0.315 e. The van der Waals surface area contributed by atoms with Crippen LogP contribution in [0.25, 0.3) is 5.69 Å². The first-order chi connectivity index (χ1) is 12.5. The van der Waals surface area contributed by atoms with Gasteiger partial charge in [0.1, 0.15) is 0 Å². The minimum atomic E-state index is -1.02. The molecule has 0 spiro atoms. The summed E-state index contributed by atoms with van der Waals surface area (Å²) in [7, 11) is 0. The van der Waals surface area contributed by atoms with E-state index < -0.39 is 17.7 Å². The molecule has 0 aliphatic carbocycles. The number of nitrogens with zero attached hydrogens (tertiary/aromatic N) is 4. The van der Waals surface area contributed by atoms with E-state index in [1.165, 1.54) is 10.7 Å². The lowest BCUT2D eigenvalue weighted by atomic mass is 10.2. The Balaban J connectivity index is 1.58. The first-order valence-corrected chi connectivity index (χ1v) is 7.89. The molecule has 2 amide bonds. The lowest BCUT2D eigenvalue weighted by molar-refractivity contribution is 0.240. The Morgan fingerprint density at radius 1 is 1.04 bits per heavy atom. The van der Waals surface area contributed by atoms with E-state index in [0.717, 1.165) is 17.7 Å². The summed E-state index contributed by atoms with van der Waals surface area (Å²) in [4.78, 5) is 11.9. The molecular formula is C16H13ClF2N6O. The van der Waals surface area contributed by atoms with Crippen LogP contribution in [0.1, 0.15) is 11.4 Å². The molecule has 7 nitrogen and oxygen atoms in total. The molecule has 1 heterocycles. The quantitative estimate of drug-likeness (QED) is 0.714. The van der Waals surface area contributed by atoms with Crippen LogP contribution in [0, 0.1) is 11.6 Å². The van der Waals surface area contributed by atoms with Gasteiger partial charge in [-0.3, -0.25) is 0 Å². The summed E-state index contributed by atoms with van der Waals surface area (Å²) in [5, 5.41) is 16.9. The molecule has 0 atom stereocenters. The third kappa shape index (κ3) is 4.31. The third-order valence-electron chi connectivity index (χ3n) is 3.46. The second kappa shape index (κ2) is 7.87. The Bertz CT molecular complexity index is 915. The Morgan fingerprint density at radius 2 is 1.77 bits per heavy atom. The molecule has 0 saturated carbocycles. The zero-order valence-electron chi connectivity index (χ0n) is 13.3. The Labute approximate surface area is 152 Å². The maximum absolute atomic E-state index is 13.4. The Kier molecular flexibility index (Phi) is 5.37. The van der Waals surface area contributed by atoms with Crippen LogP contribution >= 0.6 is 11.6 Å². The molecule has 2 N–H and O–H groups in total. The van der Waals surface area contributed by atoms with E-state index in [2.05, 4.69) is 26.2 Å². The molecule has 3 rings (SSSR count). The second-order valence-electron chi connectivity index (χ2n) is 5.27. The van der Waals surface area contributed by atoms with Crippen molar-refractivity contribution in [3.63, 3.8) is 0 Å². The monoisotopic (exact) mass is 378 g/mol. The van der Waals surface area contributed by atoms with Gasteiger partial charge in [0.25, 0.3) is 0 Å². The number of nitrogens with one attached hydrogen (secondary N) is 2. The number of hydrogen-bond acceptors (Lipinski definition) is 4. The van der Waals surface area contributed by atoms with Gasteiger partial charge in [-0.05, 0) is 40.3 Å². The predicted molar refractivity (Wildman–Crippen MR) is 89.6 cm³/mol. The lowest BCUT2D eigenvalue weighted by Gasteiger charge is -2.08. The van der Waals surface area contributed by atoms with Crippen LogP contribution in [0.2, 0.25) is 5.02 Å².